The maximum absolute atomic E-state index is 13.1. The van der Waals surface area contributed by atoms with E-state index in [1.54, 1.807) is 6.07 Å². The molecule has 1 aromatic carbocycles. The zero-order chi connectivity index (χ0) is 17.9. The van der Waals surface area contributed by atoms with Crippen LogP contribution in [0.1, 0.15) is 36.8 Å². The van der Waals surface area contributed by atoms with Gasteiger partial charge < -0.3 is 14.5 Å². The van der Waals surface area contributed by atoms with Gasteiger partial charge in [-0.25, -0.2) is 0 Å². The van der Waals surface area contributed by atoms with Gasteiger partial charge in [0.1, 0.15) is 0 Å². The van der Waals surface area contributed by atoms with Gasteiger partial charge in [0.05, 0.1) is 17.8 Å². The lowest BCUT2D eigenvalue weighted by molar-refractivity contribution is -0.138. The lowest BCUT2D eigenvalue weighted by Gasteiger charge is -2.41. The molecule has 2 aliphatic rings. The Balaban J connectivity index is 1.76. The smallest absolute Gasteiger partial charge is 0.369 e. The molecule has 2 heterocycles. The molecule has 0 radical (unpaired) electrons. The monoisotopic (exact) mass is 356 g/mol. The predicted molar refractivity (Wildman–Crippen MR) is 91.5 cm³/mol. The van der Waals surface area contributed by atoms with E-state index in [-0.39, 0.29) is 0 Å². The Kier molecular flexibility index (Phi) is 5.71. The molecule has 1 aromatic rings. The molecule has 0 amide bonds. The van der Waals surface area contributed by atoms with Crippen molar-refractivity contribution in [2.75, 3.05) is 46.4 Å². The number of likely N-dealkylation sites (tertiary alicyclic amines) is 2. The zero-order valence-electron chi connectivity index (χ0n) is 14.8. The number of hydrogen-bond acceptors (Lipinski definition) is 3. The second kappa shape index (κ2) is 7.64. The fourth-order valence-electron chi connectivity index (χ4n) is 3.85. The van der Waals surface area contributed by atoms with Crippen LogP contribution in [0.5, 0.6) is 0 Å². The van der Waals surface area contributed by atoms with E-state index in [1.807, 2.05) is 7.05 Å². The minimum absolute atomic E-state index is 0.569. The summed E-state index contributed by atoms with van der Waals surface area (Å²) >= 11 is 0. The van der Waals surface area contributed by atoms with Crippen LogP contribution >= 0.6 is 0 Å². The molecule has 0 aromatic heterocycles. The van der Waals surface area contributed by atoms with E-state index in [1.165, 1.54) is 25.0 Å². The van der Waals surface area contributed by atoms with Gasteiger partial charge in [-0.3, -0.25) is 0 Å². The Bertz CT molecular complexity index is 562. The molecule has 25 heavy (non-hydrogen) atoms. The molecule has 0 aliphatic carbocycles. The van der Waals surface area contributed by atoms with E-state index >= 15 is 0 Å². The van der Waals surface area contributed by atoms with Crippen LogP contribution < -0.4 is 0 Å². The molecule has 0 bridgehead atoms. The number of rotatable bonds is 5. The van der Waals surface area contributed by atoms with Crippen molar-refractivity contribution in [2.45, 2.75) is 37.5 Å². The van der Waals surface area contributed by atoms with E-state index in [0.29, 0.717) is 12.2 Å². The first-order valence-corrected chi connectivity index (χ1v) is 9.12. The van der Waals surface area contributed by atoms with Gasteiger partial charge in [0.25, 0.3) is 0 Å². The molecule has 2 fully saturated rings. The predicted octanol–water partition coefficient (Wildman–Crippen LogP) is 3.74. The molecule has 2 saturated heterocycles. The highest BCUT2D eigenvalue weighted by atomic mass is 19.4. The van der Waals surface area contributed by atoms with Crippen LogP contribution in [0.4, 0.5) is 13.2 Å². The van der Waals surface area contributed by atoms with E-state index in [9.17, 15) is 13.2 Å². The molecule has 0 spiro atoms. The van der Waals surface area contributed by atoms with Crippen molar-refractivity contribution in [3.63, 3.8) is 0 Å². The van der Waals surface area contributed by atoms with E-state index < -0.39 is 17.3 Å². The molecule has 3 nitrogen and oxygen atoms in total. The van der Waals surface area contributed by atoms with Gasteiger partial charge in [-0.2, -0.15) is 13.2 Å². The van der Waals surface area contributed by atoms with Crippen LogP contribution in [0, 0.1) is 0 Å². The summed E-state index contributed by atoms with van der Waals surface area (Å²) in [5.41, 5.74) is -0.531. The third-order valence-electron chi connectivity index (χ3n) is 5.50. The van der Waals surface area contributed by atoms with Gasteiger partial charge in [0.2, 0.25) is 0 Å². The fraction of sp³-hybridized carbons (Fsp3) is 0.684. The molecule has 0 atom stereocenters. The fourth-order valence-corrected chi connectivity index (χ4v) is 3.85. The van der Waals surface area contributed by atoms with Crippen molar-refractivity contribution >= 4 is 0 Å². The molecule has 140 valence electrons. The molecule has 2 aliphatic heterocycles. The molecule has 6 heteroatoms. The Morgan fingerprint density at radius 2 is 1.76 bits per heavy atom. The first-order valence-electron chi connectivity index (χ1n) is 9.12. The minimum Gasteiger partial charge on any atom is -0.369 e. The lowest BCUT2D eigenvalue weighted by atomic mass is 9.83. The highest BCUT2D eigenvalue weighted by Crippen LogP contribution is 2.39. The number of alkyl halides is 3. The zero-order valence-corrected chi connectivity index (χ0v) is 14.8. The van der Waals surface area contributed by atoms with Crippen LogP contribution in [0.25, 0.3) is 0 Å². The van der Waals surface area contributed by atoms with E-state index in [0.717, 1.165) is 51.6 Å². The summed E-state index contributed by atoms with van der Waals surface area (Å²) in [4.78, 5) is 4.57. The highest BCUT2D eigenvalue weighted by molar-refractivity contribution is 5.30. The molecular weight excluding hydrogens is 329 g/mol. The van der Waals surface area contributed by atoms with E-state index in [2.05, 4.69) is 9.80 Å². The van der Waals surface area contributed by atoms with Gasteiger partial charge in [0.15, 0.2) is 0 Å². The minimum atomic E-state index is -4.32. The van der Waals surface area contributed by atoms with Crippen LogP contribution in [0.3, 0.4) is 0 Å². The number of ether oxygens (including phenoxy) is 1. The average Bonchev–Trinajstić information content (AvgIpc) is 3.10. The molecule has 3 rings (SSSR count). The number of nitrogens with zero attached hydrogens (tertiary/aromatic N) is 2. The summed E-state index contributed by atoms with van der Waals surface area (Å²) in [5, 5.41) is 0. The normalized spacial score (nSPS) is 22.4. The first-order chi connectivity index (χ1) is 11.9. The molecule has 0 N–H and O–H groups in total. The maximum Gasteiger partial charge on any atom is 0.416 e. The Hall–Kier alpha value is -1.11. The quantitative estimate of drug-likeness (QED) is 0.799. The van der Waals surface area contributed by atoms with Gasteiger partial charge in [-0.05, 0) is 63.5 Å². The average molecular weight is 356 g/mol. The van der Waals surface area contributed by atoms with Crippen molar-refractivity contribution in [2.24, 2.45) is 0 Å². The summed E-state index contributed by atoms with van der Waals surface area (Å²) < 4.78 is 45.7. The number of hydrogen-bond donors (Lipinski definition) is 0. The summed E-state index contributed by atoms with van der Waals surface area (Å²) in [6, 6.07) is 5.70. The second-order valence-electron chi connectivity index (χ2n) is 7.27. The van der Waals surface area contributed by atoms with Crippen LogP contribution in [-0.4, -0.2) is 56.2 Å². The summed E-state index contributed by atoms with van der Waals surface area (Å²) in [6.07, 6.45) is -0.416. The Morgan fingerprint density at radius 3 is 2.40 bits per heavy atom. The largest absolute Gasteiger partial charge is 0.416 e. The number of halogens is 3. The SMILES string of the molecule is CN1CCC(OCCN2CCCC2)(c2cccc(C(F)(F)F)c2)CC1. The van der Waals surface area contributed by atoms with Crippen LogP contribution in [0.2, 0.25) is 0 Å². The lowest BCUT2D eigenvalue weighted by Crippen LogP contribution is -2.44. The van der Waals surface area contributed by atoms with Gasteiger partial charge in [-0.1, -0.05) is 12.1 Å². The van der Waals surface area contributed by atoms with Crippen molar-refractivity contribution in [1.29, 1.82) is 0 Å². The van der Waals surface area contributed by atoms with Crippen molar-refractivity contribution in [1.82, 2.24) is 9.80 Å². The van der Waals surface area contributed by atoms with Gasteiger partial charge in [0, 0.05) is 19.6 Å². The summed E-state index contributed by atoms with van der Waals surface area (Å²) in [5.74, 6) is 0. The Morgan fingerprint density at radius 1 is 1.08 bits per heavy atom. The van der Waals surface area contributed by atoms with Crippen molar-refractivity contribution in [3.8, 4) is 0 Å². The number of benzene rings is 1. The summed E-state index contributed by atoms with van der Waals surface area (Å²) in [7, 11) is 2.04. The third-order valence-corrected chi connectivity index (χ3v) is 5.50. The second-order valence-corrected chi connectivity index (χ2v) is 7.27. The van der Waals surface area contributed by atoms with Gasteiger partial charge in [-0.15, -0.1) is 0 Å². The topological polar surface area (TPSA) is 15.7 Å². The summed E-state index contributed by atoms with van der Waals surface area (Å²) in [6.45, 7) is 5.29. The molecule has 0 saturated carbocycles. The maximum atomic E-state index is 13.1. The molecule has 0 unspecified atom stereocenters. The van der Waals surface area contributed by atoms with Crippen LogP contribution in [0.15, 0.2) is 24.3 Å². The van der Waals surface area contributed by atoms with Crippen molar-refractivity contribution in [3.05, 3.63) is 35.4 Å². The van der Waals surface area contributed by atoms with Gasteiger partial charge >= 0.3 is 6.18 Å². The van der Waals surface area contributed by atoms with Crippen LogP contribution in [-0.2, 0) is 16.5 Å². The third kappa shape index (κ3) is 4.54. The molecular formula is C19H27F3N2O. The van der Waals surface area contributed by atoms with Crippen molar-refractivity contribution < 1.29 is 17.9 Å². The highest BCUT2D eigenvalue weighted by Gasteiger charge is 2.39. The number of piperidine rings is 1. The first kappa shape index (κ1) is 18.7. The van der Waals surface area contributed by atoms with E-state index in [4.69, 9.17) is 4.74 Å². The Labute approximate surface area is 147 Å². The standard InChI is InChI=1S/C19H27F3N2O/c1-23-11-7-18(8-12-23,25-14-13-24-9-2-3-10-24)16-5-4-6-17(15-16)19(20,21)22/h4-6,15H,2-3,7-14H2,1H3.